The zero-order valence-electron chi connectivity index (χ0n) is 9.37. The van der Waals surface area contributed by atoms with E-state index in [0.717, 1.165) is 18.8 Å². The molecular weight excluding hydrogens is 192 g/mol. The summed E-state index contributed by atoms with van der Waals surface area (Å²) in [6, 6.07) is 0. The first-order valence-corrected chi connectivity index (χ1v) is 5.66. The Bertz CT molecular complexity index is 235. The molecule has 1 N–H and O–H groups in total. The number of rotatable bonds is 5. The molecule has 0 saturated heterocycles. The van der Waals surface area contributed by atoms with Gasteiger partial charge in [-0.3, -0.25) is 0 Å². The summed E-state index contributed by atoms with van der Waals surface area (Å²) in [6.07, 6.45) is 6.05. The minimum absolute atomic E-state index is 0.147. The highest BCUT2D eigenvalue weighted by Gasteiger charge is 2.21. The van der Waals surface area contributed by atoms with E-state index in [4.69, 9.17) is 9.84 Å². The van der Waals surface area contributed by atoms with Crippen molar-refractivity contribution in [3.63, 3.8) is 0 Å². The van der Waals surface area contributed by atoms with E-state index in [1.165, 1.54) is 19.3 Å². The van der Waals surface area contributed by atoms with Gasteiger partial charge < -0.3 is 9.84 Å². The van der Waals surface area contributed by atoms with E-state index in [-0.39, 0.29) is 18.3 Å². The lowest BCUT2D eigenvalue weighted by Gasteiger charge is -2.28. The van der Waals surface area contributed by atoms with Crippen LogP contribution in [0.25, 0.3) is 0 Å². The maximum Gasteiger partial charge on any atom is 0.333 e. The van der Waals surface area contributed by atoms with Gasteiger partial charge in [0.05, 0.1) is 18.3 Å². The molecule has 1 fully saturated rings. The summed E-state index contributed by atoms with van der Waals surface area (Å²) in [5.41, 5.74) is 0.147. The number of hydrogen-bond acceptors (Lipinski definition) is 2. The van der Waals surface area contributed by atoms with Crippen LogP contribution in [0.4, 0.5) is 0 Å². The van der Waals surface area contributed by atoms with Crippen molar-refractivity contribution in [1.82, 2.24) is 0 Å². The summed E-state index contributed by atoms with van der Waals surface area (Å²) in [7, 11) is 0. The standard InChI is InChI=1S/C12H20O3/c1-3-10-5-4-6-11(7-10)15-8-9(2)12(13)14/h10-11H,2-8H2,1H3,(H,13,14). The van der Waals surface area contributed by atoms with Crippen LogP contribution in [0, 0.1) is 5.92 Å². The third kappa shape index (κ3) is 4.04. The van der Waals surface area contributed by atoms with Gasteiger partial charge in [-0.1, -0.05) is 32.8 Å². The quantitative estimate of drug-likeness (QED) is 0.712. The molecule has 2 atom stereocenters. The molecule has 0 aromatic heterocycles. The summed E-state index contributed by atoms with van der Waals surface area (Å²) in [5.74, 6) is -0.209. The molecule has 0 aromatic rings. The summed E-state index contributed by atoms with van der Waals surface area (Å²) >= 11 is 0. The Morgan fingerprint density at radius 1 is 1.53 bits per heavy atom. The van der Waals surface area contributed by atoms with Crippen LogP contribution in [0.5, 0.6) is 0 Å². The average molecular weight is 212 g/mol. The fourth-order valence-corrected chi connectivity index (χ4v) is 2.04. The molecule has 0 heterocycles. The van der Waals surface area contributed by atoms with E-state index >= 15 is 0 Å². The molecule has 2 unspecified atom stereocenters. The number of carboxylic acids is 1. The first kappa shape index (κ1) is 12.2. The third-order valence-electron chi connectivity index (χ3n) is 3.11. The van der Waals surface area contributed by atoms with Crippen molar-refractivity contribution in [2.24, 2.45) is 5.92 Å². The molecule has 0 amide bonds. The molecule has 0 aliphatic heterocycles. The molecule has 1 aliphatic rings. The number of carboxylic acid groups (broad SMARTS) is 1. The zero-order valence-corrected chi connectivity index (χ0v) is 9.37. The van der Waals surface area contributed by atoms with Gasteiger partial charge in [-0.15, -0.1) is 0 Å². The number of ether oxygens (including phenoxy) is 1. The fraction of sp³-hybridized carbons (Fsp3) is 0.750. The minimum Gasteiger partial charge on any atom is -0.478 e. The van der Waals surface area contributed by atoms with Crippen LogP contribution in [-0.2, 0) is 9.53 Å². The normalized spacial score (nSPS) is 26.2. The van der Waals surface area contributed by atoms with Crippen molar-refractivity contribution >= 4 is 5.97 Å². The summed E-state index contributed by atoms with van der Waals surface area (Å²) < 4.78 is 5.56. The van der Waals surface area contributed by atoms with E-state index in [2.05, 4.69) is 13.5 Å². The summed E-state index contributed by atoms with van der Waals surface area (Å²) in [5, 5.41) is 8.63. The van der Waals surface area contributed by atoms with Crippen molar-refractivity contribution in [1.29, 1.82) is 0 Å². The molecule has 1 aliphatic carbocycles. The lowest BCUT2D eigenvalue weighted by molar-refractivity contribution is -0.133. The van der Waals surface area contributed by atoms with Crippen molar-refractivity contribution in [3.05, 3.63) is 12.2 Å². The van der Waals surface area contributed by atoms with Crippen LogP contribution in [-0.4, -0.2) is 23.8 Å². The number of hydrogen-bond donors (Lipinski definition) is 1. The molecule has 3 nitrogen and oxygen atoms in total. The first-order chi connectivity index (χ1) is 7.13. The van der Waals surface area contributed by atoms with Crippen LogP contribution in [0.15, 0.2) is 12.2 Å². The van der Waals surface area contributed by atoms with Crippen LogP contribution < -0.4 is 0 Å². The number of carbonyl (C=O) groups is 1. The van der Waals surface area contributed by atoms with Gasteiger partial charge in [-0.2, -0.15) is 0 Å². The van der Waals surface area contributed by atoms with Gasteiger partial charge in [0.25, 0.3) is 0 Å². The van der Waals surface area contributed by atoms with Crippen molar-refractivity contribution in [2.75, 3.05) is 6.61 Å². The van der Waals surface area contributed by atoms with Gasteiger partial charge >= 0.3 is 5.97 Å². The molecule has 1 rings (SSSR count). The minimum atomic E-state index is -0.960. The van der Waals surface area contributed by atoms with Crippen LogP contribution in [0.3, 0.4) is 0 Å². The lowest BCUT2D eigenvalue weighted by atomic mass is 9.85. The predicted octanol–water partition coefficient (Wildman–Crippen LogP) is 2.61. The Morgan fingerprint density at radius 2 is 2.27 bits per heavy atom. The SMILES string of the molecule is C=C(COC1CCCC(CC)C1)C(=O)O. The Kier molecular flexibility index (Phi) is 4.82. The Labute approximate surface area is 91.1 Å². The molecule has 0 radical (unpaired) electrons. The lowest BCUT2D eigenvalue weighted by Crippen LogP contribution is -2.24. The Balaban J connectivity index is 2.26. The second-order valence-electron chi connectivity index (χ2n) is 4.28. The van der Waals surface area contributed by atoms with Gasteiger partial charge in [-0.25, -0.2) is 4.79 Å². The summed E-state index contributed by atoms with van der Waals surface area (Å²) in [4.78, 5) is 10.5. The highest BCUT2D eigenvalue weighted by molar-refractivity contribution is 5.85. The van der Waals surface area contributed by atoms with Gasteiger partial charge in [0.15, 0.2) is 0 Å². The van der Waals surface area contributed by atoms with Crippen LogP contribution in [0.2, 0.25) is 0 Å². The maximum atomic E-state index is 10.5. The highest BCUT2D eigenvalue weighted by atomic mass is 16.5. The monoisotopic (exact) mass is 212 g/mol. The van der Waals surface area contributed by atoms with Crippen LogP contribution >= 0.6 is 0 Å². The van der Waals surface area contributed by atoms with Crippen molar-refractivity contribution in [3.8, 4) is 0 Å². The molecule has 3 heteroatoms. The molecule has 1 saturated carbocycles. The van der Waals surface area contributed by atoms with Crippen molar-refractivity contribution in [2.45, 2.75) is 45.1 Å². The molecular formula is C12H20O3. The van der Waals surface area contributed by atoms with E-state index < -0.39 is 5.97 Å². The average Bonchev–Trinajstić information content (AvgIpc) is 2.26. The summed E-state index contributed by atoms with van der Waals surface area (Å²) in [6.45, 7) is 5.81. The van der Waals surface area contributed by atoms with Gasteiger partial charge in [0.1, 0.15) is 0 Å². The van der Waals surface area contributed by atoms with Gasteiger partial charge in [0.2, 0.25) is 0 Å². The highest BCUT2D eigenvalue weighted by Crippen LogP contribution is 2.28. The van der Waals surface area contributed by atoms with Gasteiger partial charge in [0, 0.05) is 0 Å². The molecule has 0 aromatic carbocycles. The molecule has 0 bridgehead atoms. The second-order valence-corrected chi connectivity index (χ2v) is 4.28. The molecule has 86 valence electrons. The second kappa shape index (κ2) is 5.91. The zero-order chi connectivity index (χ0) is 11.3. The van der Waals surface area contributed by atoms with E-state index in [9.17, 15) is 4.79 Å². The number of aliphatic carboxylic acids is 1. The van der Waals surface area contributed by atoms with E-state index in [1.807, 2.05) is 0 Å². The largest absolute Gasteiger partial charge is 0.478 e. The van der Waals surface area contributed by atoms with Gasteiger partial charge in [-0.05, 0) is 18.8 Å². The first-order valence-electron chi connectivity index (χ1n) is 5.66. The van der Waals surface area contributed by atoms with E-state index in [1.54, 1.807) is 0 Å². The molecule has 15 heavy (non-hydrogen) atoms. The fourth-order valence-electron chi connectivity index (χ4n) is 2.04. The molecule has 0 spiro atoms. The Morgan fingerprint density at radius 3 is 2.87 bits per heavy atom. The topological polar surface area (TPSA) is 46.5 Å². The van der Waals surface area contributed by atoms with E-state index in [0.29, 0.717) is 0 Å². The predicted molar refractivity (Wildman–Crippen MR) is 58.8 cm³/mol. The van der Waals surface area contributed by atoms with Crippen LogP contribution in [0.1, 0.15) is 39.0 Å². The third-order valence-corrected chi connectivity index (χ3v) is 3.11. The smallest absolute Gasteiger partial charge is 0.333 e. The van der Waals surface area contributed by atoms with Crippen molar-refractivity contribution < 1.29 is 14.6 Å². The Hall–Kier alpha value is -0.830. The maximum absolute atomic E-state index is 10.5.